The van der Waals surface area contributed by atoms with Gasteiger partial charge in [0.1, 0.15) is 17.1 Å². The first-order chi connectivity index (χ1) is 12.2. The van der Waals surface area contributed by atoms with Crippen LogP contribution < -0.4 is 10.1 Å². The summed E-state index contributed by atoms with van der Waals surface area (Å²) in [6.07, 6.45) is 5.67. The van der Waals surface area contributed by atoms with Gasteiger partial charge in [0.15, 0.2) is 0 Å². The second kappa shape index (κ2) is 6.22. The number of hydrogen-bond donors (Lipinski definition) is 1. The van der Waals surface area contributed by atoms with Crippen molar-refractivity contribution in [1.29, 1.82) is 0 Å². The van der Waals surface area contributed by atoms with E-state index in [0.29, 0.717) is 12.3 Å². The fourth-order valence-electron chi connectivity index (χ4n) is 3.07. The Kier molecular flexibility index (Phi) is 3.89. The number of aromatic nitrogens is 3. The second-order valence-corrected chi connectivity index (χ2v) is 6.12. The number of furan rings is 1. The zero-order valence-corrected chi connectivity index (χ0v) is 14.5. The van der Waals surface area contributed by atoms with E-state index in [1.807, 2.05) is 41.1 Å². The van der Waals surface area contributed by atoms with E-state index >= 15 is 0 Å². The van der Waals surface area contributed by atoms with Gasteiger partial charge >= 0.3 is 0 Å². The Morgan fingerprint density at radius 3 is 3.04 bits per heavy atom. The molecule has 0 radical (unpaired) electrons. The molecule has 0 aliphatic rings. The van der Waals surface area contributed by atoms with E-state index < -0.39 is 0 Å². The van der Waals surface area contributed by atoms with Gasteiger partial charge in [0, 0.05) is 36.1 Å². The summed E-state index contributed by atoms with van der Waals surface area (Å²) in [5, 5.41) is 4.56. The number of methoxy groups -OCH3 is 1. The minimum Gasteiger partial charge on any atom is -0.497 e. The monoisotopic (exact) mass is 336 g/mol. The maximum atomic E-state index is 6.05. The second-order valence-electron chi connectivity index (χ2n) is 6.12. The van der Waals surface area contributed by atoms with Gasteiger partial charge in [-0.05, 0) is 38.1 Å². The molecule has 6 heteroatoms. The molecule has 0 amide bonds. The molecule has 4 aromatic rings. The fourth-order valence-corrected chi connectivity index (χ4v) is 3.07. The van der Waals surface area contributed by atoms with Crippen LogP contribution in [0.3, 0.4) is 0 Å². The lowest BCUT2D eigenvalue weighted by Gasteiger charge is -2.11. The van der Waals surface area contributed by atoms with Crippen molar-refractivity contribution in [3.05, 3.63) is 59.9 Å². The van der Waals surface area contributed by atoms with E-state index in [2.05, 4.69) is 29.1 Å². The van der Waals surface area contributed by atoms with Crippen LogP contribution in [0.1, 0.15) is 30.0 Å². The van der Waals surface area contributed by atoms with E-state index in [4.69, 9.17) is 9.15 Å². The van der Waals surface area contributed by atoms with Crippen LogP contribution in [0.5, 0.6) is 5.75 Å². The van der Waals surface area contributed by atoms with Gasteiger partial charge in [-0.25, -0.2) is 9.97 Å². The lowest BCUT2D eigenvalue weighted by Crippen LogP contribution is -2.18. The summed E-state index contributed by atoms with van der Waals surface area (Å²) < 4.78 is 13.3. The average Bonchev–Trinajstić information content (AvgIpc) is 3.20. The first-order valence-electron chi connectivity index (χ1n) is 8.24. The molecule has 6 nitrogen and oxygen atoms in total. The fraction of sp³-hybridized carbons (Fsp3) is 0.263. The summed E-state index contributed by atoms with van der Waals surface area (Å²) >= 11 is 0. The smallest absolute Gasteiger partial charge is 0.233 e. The largest absolute Gasteiger partial charge is 0.497 e. The van der Waals surface area contributed by atoms with E-state index in [9.17, 15) is 0 Å². The van der Waals surface area contributed by atoms with Gasteiger partial charge in [0.25, 0.3) is 0 Å². The van der Waals surface area contributed by atoms with Crippen molar-refractivity contribution in [3.8, 4) is 5.75 Å². The van der Waals surface area contributed by atoms with Crippen LogP contribution in [0.4, 0.5) is 0 Å². The standard InChI is InChI=1S/C19H20N4O2/c1-12-16-9-15(24-3)5-6-17(16)25-18(12)13(2)21-10-14-11-23-8-4-7-20-19(23)22-14/h4-9,11,13,21H,10H2,1-3H3/t13-/m1/s1. The zero-order chi connectivity index (χ0) is 17.4. The lowest BCUT2D eigenvalue weighted by molar-refractivity contribution is 0.415. The molecule has 3 heterocycles. The molecule has 3 aromatic heterocycles. The minimum absolute atomic E-state index is 0.0659. The van der Waals surface area contributed by atoms with Crippen LogP contribution in [0.15, 0.2) is 47.3 Å². The van der Waals surface area contributed by atoms with Crippen molar-refractivity contribution in [2.75, 3.05) is 7.11 Å². The first-order valence-corrected chi connectivity index (χ1v) is 8.24. The third-order valence-electron chi connectivity index (χ3n) is 4.45. The van der Waals surface area contributed by atoms with Crippen LogP contribution in [-0.4, -0.2) is 21.5 Å². The minimum atomic E-state index is 0.0659. The van der Waals surface area contributed by atoms with Crippen LogP contribution >= 0.6 is 0 Å². The van der Waals surface area contributed by atoms with Crippen molar-refractivity contribution >= 4 is 16.7 Å². The summed E-state index contributed by atoms with van der Waals surface area (Å²) in [4.78, 5) is 8.75. The third-order valence-corrected chi connectivity index (χ3v) is 4.45. The Morgan fingerprint density at radius 1 is 1.36 bits per heavy atom. The van der Waals surface area contributed by atoms with Crippen molar-refractivity contribution in [1.82, 2.24) is 19.7 Å². The molecule has 0 fully saturated rings. The SMILES string of the molecule is COc1ccc2oc([C@@H](C)NCc3cn4cccnc4n3)c(C)c2c1. The topological polar surface area (TPSA) is 64.6 Å². The molecule has 1 atom stereocenters. The molecule has 0 unspecified atom stereocenters. The summed E-state index contributed by atoms with van der Waals surface area (Å²) in [5.74, 6) is 2.48. The van der Waals surface area contributed by atoms with Crippen molar-refractivity contribution in [2.24, 2.45) is 0 Å². The summed E-state index contributed by atoms with van der Waals surface area (Å²) in [5.41, 5.74) is 2.95. The number of fused-ring (bicyclic) bond motifs is 2. The summed E-state index contributed by atoms with van der Waals surface area (Å²) in [7, 11) is 1.67. The van der Waals surface area contributed by atoms with Crippen molar-refractivity contribution in [2.45, 2.75) is 26.4 Å². The molecule has 0 aliphatic heterocycles. The van der Waals surface area contributed by atoms with Crippen LogP contribution in [-0.2, 0) is 6.54 Å². The summed E-state index contributed by atoms with van der Waals surface area (Å²) in [6, 6.07) is 7.83. The van der Waals surface area contributed by atoms with E-state index in [1.165, 1.54) is 0 Å². The number of aryl methyl sites for hydroxylation is 1. The summed E-state index contributed by atoms with van der Waals surface area (Å²) in [6.45, 7) is 4.81. The molecular formula is C19H20N4O2. The van der Waals surface area contributed by atoms with Gasteiger partial charge in [-0.15, -0.1) is 0 Å². The molecule has 1 aromatic carbocycles. The maximum absolute atomic E-state index is 6.05. The quantitative estimate of drug-likeness (QED) is 0.603. The normalized spacial score (nSPS) is 12.8. The first kappa shape index (κ1) is 15.7. The molecule has 0 saturated heterocycles. The van der Waals surface area contributed by atoms with E-state index in [1.54, 1.807) is 13.3 Å². The average molecular weight is 336 g/mol. The molecule has 0 saturated carbocycles. The van der Waals surface area contributed by atoms with Crippen LogP contribution in [0, 0.1) is 6.92 Å². The Labute approximate surface area is 145 Å². The number of rotatable bonds is 5. The number of imidazole rings is 1. The molecule has 4 rings (SSSR count). The molecule has 0 spiro atoms. The predicted octanol–water partition coefficient (Wildman–Crippen LogP) is 3.64. The highest BCUT2D eigenvalue weighted by Crippen LogP contribution is 2.31. The zero-order valence-electron chi connectivity index (χ0n) is 14.5. The molecule has 128 valence electrons. The van der Waals surface area contributed by atoms with Gasteiger partial charge in [-0.1, -0.05) is 0 Å². The molecule has 1 N–H and O–H groups in total. The Hall–Kier alpha value is -2.86. The maximum Gasteiger partial charge on any atom is 0.233 e. The molecule has 0 aliphatic carbocycles. The van der Waals surface area contributed by atoms with Gasteiger partial charge in [-0.3, -0.25) is 4.40 Å². The van der Waals surface area contributed by atoms with Gasteiger partial charge in [0.05, 0.1) is 18.8 Å². The lowest BCUT2D eigenvalue weighted by atomic mass is 10.1. The van der Waals surface area contributed by atoms with Crippen molar-refractivity contribution in [3.63, 3.8) is 0 Å². The Balaban J connectivity index is 1.55. The highest BCUT2D eigenvalue weighted by atomic mass is 16.5. The number of ether oxygens (including phenoxy) is 1. The Bertz CT molecular complexity index is 1000. The molecule has 0 bridgehead atoms. The third kappa shape index (κ3) is 2.85. The predicted molar refractivity (Wildman–Crippen MR) is 95.7 cm³/mol. The highest BCUT2D eigenvalue weighted by molar-refractivity contribution is 5.83. The van der Waals surface area contributed by atoms with Gasteiger partial charge < -0.3 is 14.5 Å². The van der Waals surface area contributed by atoms with Crippen LogP contribution in [0.2, 0.25) is 0 Å². The van der Waals surface area contributed by atoms with Crippen LogP contribution in [0.25, 0.3) is 16.7 Å². The Morgan fingerprint density at radius 2 is 2.24 bits per heavy atom. The highest BCUT2D eigenvalue weighted by Gasteiger charge is 2.17. The number of nitrogens with one attached hydrogen (secondary N) is 1. The number of nitrogens with zero attached hydrogens (tertiary/aromatic N) is 3. The molecule has 25 heavy (non-hydrogen) atoms. The number of hydrogen-bond acceptors (Lipinski definition) is 5. The van der Waals surface area contributed by atoms with E-state index in [-0.39, 0.29) is 6.04 Å². The van der Waals surface area contributed by atoms with E-state index in [0.717, 1.165) is 33.7 Å². The van der Waals surface area contributed by atoms with Gasteiger partial charge in [-0.2, -0.15) is 0 Å². The van der Waals surface area contributed by atoms with Gasteiger partial charge in [0.2, 0.25) is 5.78 Å². The molecular weight excluding hydrogens is 316 g/mol. The number of benzene rings is 1. The van der Waals surface area contributed by atoms with Crippen molar-refractivity contribution < 1.29 is 9.15 Å².